The largest absolute Gasteiger partial charge is 0.434 e. The van der Waals surface area contributed by atoms with Gasteiger partial charge in [-0.15, -0.1) is 0 Å². The summed E-state index contributed by atoms with van der Waals surface area (Å²) in [4.78, 5) is 12.7. The van der Waals surface area contributed by atoms with Crippen molar-refractivity contribution in [3.8, 4) is 5.69 Å². The molecule has 2 aromatic carbocycles. The van der Waals surface area contributed by atoms with E-state index in [-0.39, 0.29) is 11.5 Å². The molecule has 1 aromatic heterocycles. The Bertz CT molecular complexity index is 1080. The van der Waals surface area contributed by atoms with Gasteiger partial charge < -0.3 is 5.32 Å². The van der Waals surface area contributed by atoms with Gasteiger partial charge in [0.05, 0.1) is 23.5 Å². The lowest BCUT2D eigenvalue weighted by atomic mass is 10.1. The smallest absolute Gasteiger partial charge is 0.345 e. The van der Waals surface area contributed by atoms with Crippen molar-refractivity contribution in [2.24, 2.45) is 0 Å². The summed E-state index contributed by atoms with van der Waals surface area (Å²) < 4.78 is 55.3. The first kappa shape index (κ1) is 19.4. The second-order valence-corrected chi connectivity index (χ2v) is 7.14. The van der Waals surface area contributed by atoms with Crippen LogP contribution < -0.4 is 5.32 Å². The van der Waals surface area contributed by atoms with Crippen LogP contribution in [-0.2, 0) is 12.6 Å². The molecule has 4 rings (SSSR count). The van der Waals surface area contributed by atoms with Gasteiger partial charge in [0.25, 0.3) is 5.91 Å². The van der Waals surface area contributed by atoms with Crippen LogP contribution in [0.2, 0.25) is 5.02 Å². The van der Waals surface area contributed by atoms with E-state index in [0.29, 0.717) is 28.1 Å². The molecule has 3 aromatic rings. The quantitative estimate of drug-likeness (QED) is 0.596. The number of rotatable bonds is 3. The van der Waals surface area contributed by atoms with Gasteiger partial charge in [0.1, 0.15) is 5.82 Å². The molecule has 4 nitrogen and oxygen atoms in total. The van der Waals surface area contributed by atoms with Crippen LogP contribution in [0.5, 0.6) is 0 Å². The van der Waals surface area contributed by atoms with Gasteiger partial charge in [-0.05, 0) is 60.4 Å². The number of hydrogen-bond donors (Lipinski definition) is 1. The summed E-state index contributed by atoms with van der Waals surface area (Å²) in [6.07, 6.45) is -2.89. The van der Waals surface area contributed by atoms with Crippen LogP contribution in [0.15, 0.2) is 48.7 Å². The van der Waals surface area contributed by atoms with E-state index in [1.807, 2.05) is 0 Å². The summed E-state index contributed by atoms with van der Waals surface area (Å²) in [7, 11) is 0. The molecule has 0 fully saturated rings. The second kappa shape index (κ2) is 7.18. The number of alkyl halides is 3. The molecule has 1 atom stereocenters. The van der Waals surface area contributed by atoms with E-state index in [4.69, 9.17) is 11.6 Å². The van der Waals surface area contributed by atoms with Crippen molar-refractivity contribution in [2.45, 2.75) is 25.1 Å². The Hall–Kier alpha value is -2.87. The Kier molecular flexibility index (Phi) is 4.82. The Morgan fingerprint density at radius 1 is 1.17 bits per heavy atom. The van der Waals surface area contributed by atoms with E-state index < -0.39 is 29.4 Å². The zero-order valence-corrected chi connectivity index (χ0v) is 15.6. The van der Waals surface area contributed by atoms with E-state index in [9.17, 15) is 22.4 Å². The van der Waals surface area contributed by atoms with Crippen molar-refractivity contribution in [1.82, 2.24) is 15.1 Å². The van der Waals surface area contributed by atoms with Crippen LogP contribution in [-0.4, -0.2) is 15.7 Å². The lowest BCUT2D eigenvalue weighted by Gasteiger charge is -2.16. The van der Waals surface area contributed by atoms with Gasteiger partial charge in [-0.3, -0.25) is 4.79 Å². The highest BCUT2D eigenvalue weighted by molar-refractivity contribution is 6.30. The number of fused-ring (bicyclic) bond motifs is 1. The zero-order chi connectivity index (χ0) is 20.8. The molecule has 0 saturated carbocycles. The molecule has 1 heterocycles. The lowest BCUT2D eigenvalue weighted by molar-refractivity contribution is -0.143. The predicted octanol–water partition coefficient (Wildman–Crippen LogP) is 5.10. The minimum Gasteiger partial charge on any atom is -0.345 e. The summed E-state index contributed by atoms with van der Waals surface area (Å²) >= 11 is 5.79. The number of aryl methyl sites for hydroxylation is 1. The first-order chi connectivity index (χ1) is 13.7. The van der Waals surface area contributed by atoms with E-state index in [1.54, 1.807) is 6.07 Å². The average Bonchev–Trinajstić information content (AvgIpc) is 3.26. The molecule has 0 radical (unpaired) electrons. The minimum atomic E-state index is -4.81. The molecule has 1 aliphatic carbocycles. The van der Waals surface area contributed by atoms with E-state index in [1.165, 1.54) is 36.4 Å². The number of nitrogens with zero attached hydrogens (tertiary/aromatic N) is 2. The summed E-state index contributed by atoms with van der Waals surface area (Å²) in [5, 5.41) is 6.76. The fourth-order valence-corrected chi connectivity index (χ4v) is 3.66. The van der Waals surface area contributed by atoms with Crippen molar-refractivity contribution >= 4 is 17.5 Å². The fraction of sp³-hybridized carbons (Fsp3) is 0.200. The number of nitrogens with one attached hydrogen (secondary N) is 1. The molecule has 1 N–H and O–H groups in total. The normalized spacial score (nSPS) is 16.0. The van der Waals surface area contributed by atoms with Crippen molar-refractivity contribution in [1.29, 1.82) is 0 Å². The molecule has 0 saturated heterocycles. The van der Waals surface area contributed by atoms with Gasteiger partial charge in [0.2, 0.25) is 0 Å². The number of amides is 1. The van der Waals surface area contributed by atoms with Crippen LogP contribution in [0.3, 0.4) is 0 Å². The first-order valence-electron chi connectivity index (χ1n) is 8.74. The van der Waals surface area contributed by atoms with Crippen LogP contribution in [0, 0.1) is 5.82 Å². The van der Waals surface area contributed by atoms with Crippen molar-refractivity contribution in [3.05, 3.63) is 81.9 Å². The van der Waals surface area contributed by atoms with Gasteiger partial charge >= 0.3 is 6.18 Å². The molecule has 0 aliphatic heterocycles. The summed E-state index contributed by atoms with van der Waals surface area (Å²) in [6.45, 7) is 0. The Balaban J connectivity index is 1.67. The van der Waals surface area contributed by atoms with E-state index >= 15 is 0 Å². The van der Waals surface area contributed by atoms with Crippen LogP contribution in [0.25, 0.3) is 5.69 Å². The van der Waals surface area contributed by atoms with Gasteiger partial charge in [-0.2, -0.15) is 18.3 Å². The van der Waals surface area contributed by atoms with Crippen LogP contribution >= 0.6 is 11.6 Å². The van der Waals surface area contributed by atoms with Gasteiger partial charge in [0, 0.05) is 5.02 Å². The molecule has 1 aliphatic rings. The average molecular weight is 424 g/mol. The van der Waals surface area contributed by atoms with Gasteiger partial charge in [-0.25, -0.2) is 9.07 Å². The SMILES string of the molecule is O=C(NC1CCc2cc(F)ccc21)c1cnn(-c2ccc(Cl)cc2)c1C(F)(F)F. The second-order valence-electron chi connectivity index (χ2n) is 6.70. The maximum atomic E-state index is 13.8. The number of carbonyl (C=O) groups excluding carboxylic acids is 1. The van der Waals surface area contributed by atoms with E-state index in [2.05, 4.69) is 10.4 Å². The Morgan fingerprint density at radius 2 is 1.90 bits per heavy atom. The maximum Gasteiger partial charge on any atom is 0.434 e. The lowest BCUT2D eigenvalue weighted by Crippen LogP contribution is -2.29. The van der Waals surface area contributed by atoms with Gasteiger partial charge in [-0.1, -0.05) is 17.7 Å². The zero-order valence-electron chi connectivity index (χ0n) is 14.8. The minimum absolute atomic E-state index is 0.127. The van der Waals surface area contributed by atoms with Gasteiger partial charge in [0.15, 0.2) is 5.69 Å². The highest BCUT2D eigenvalue weighted by Crippen LogP contribution is 2.35. The number of hydrogen-bond acceptors (Lipinski definition) is 2. The summed E-state index contributed by atoms with van der Waals surface area (Å²) in [5.41, 5.74) is -0.179. The number of aromatic nitrogens is 2. The standard InChI is InChI=1S/C20H14ClF4N3O/c21-12-2-5-14(6-3-12)28-18(20(23,24)25)16(10-26-28)19(29)27-17-8-1-11-9-13(22)4-7-15(11)17/h2-7,9-10,17H,1,8H2,(H,27,29). The molecule has 1 amide bonds. The predicted molar refractivity (Wildman–Crippen MR) is 98.5 cm³/mol. The highest BCUT2D eigenvalue weighted by atomic mass is 35.5. The third-order valence-corrected chi connectivity index (χ3v) is 5.09. The van der Waals surface area contributed by atoms with Crippen molar-refractivity contribution in [2.75, 3.05) is 0 Å². The molecular weight excluding hydrogens is 410 g/mol. The molecule has 29 heavy (non-hydrogen) atoms. The van der Waals surface area contributed by atoms with Crippen LogP contribution in [0.4, 0.5) is 17.6 Å². The third-order valence-electron chi connectivity index (χ3n) is 4.84. The van der Waals surface area contributed by atoms with Crippen molar-refractivity contribution in [3.63, 3.8) is 0 Å². The van der Waals surface area contributed by atoms with E-state index in [0.717, 1.165) is 11.8 Å². The molecule has 0 bridgehead atoms. The molecular formula is C20H14ClF4N3O. The summed E-state index contributed by atoms with van der Waals surface area (Å²) in [6, 6.07) is 9.34. The molecule has 0 spiro atoms. The molecule has 150 valence electrons. The highest BCUT2D eigenvalue weighted by Gasteiger charge is 2.41. The molecule has 9 heteroatoms. The van der Waals surface area contributed by atoms with Crippen LogP contribution in [0.1, 0.15) is 39.6 Å². The van der Waals surface area contributed by atoms with Crippen molar-refractivity contribution < 1.29 is 22.4 Å². The maximum absolute atomic E-state index is 13.8. The first-order valence-corrected chi connectivity index (χ1v) is 9.12. The monoisotopic (exact) mass is 423 g/mol. The Morgan fingerprint density at radius 3 is 2.59 bits per heavy atom. The molecule has 1 unspecified atom stereocenters. The number of halogens is 5. The number of benzene rings is 2. The fourth-order valence-electron chi connectivity index (χ4n) is 3.54. The Labute approximate surface area is 168 Å². The third kappa shape index (κ3) is 3.72. The topological polar surface area (TPSA) is 46.9 Å². The number of carbonyl (C=O) groups is 1. The summed E-state index contributed by atoms with van der Waals surface area (Å²) in [5.74, 6) is -1.28.